The Labute approximate surface area is 74.9 Å². The Morgan fingerprint density at radius 1 is 1.36 bits per heavy atom. The van der Waals surface area contributed by atoms with E-state index in [4.69, 9.17) is 10.5 Å². The van der Waals surface area contributed by atoms with Crippen LogP contribution < -0.4 is 5.73 Å². The molecule has 0 spiro atoms. The monoisotopic (exact) mass is 179 g/mol. The van der Waals surface area contributed by atoms with Gasteiger partial charge in [-0.05, 0) is 19.3 Å². The standard InChI is InChI=1S/C8H17NO.ClH/c1-10-7-6-8(9)4-2-3-5-8;/h2-7,9H2,1H3;1H. The fraction of sp³-hybridized carbons (Fsp3) is 1.00. The number of hydrogen-bond donors (Lipinski definition) is 1. The molecule has 0 amide bonds. The lowest BCUT2D eigenvalue weighted by Gasteiger charge is -2.22. The summed E-state index contributed by atoms with van der Waals surface area (Å²) < 4.78 is 4.99. The number of hydrogen-bond acceptors (Lipinski definition) is 2. The minimum absolute atomic E-state index is 0. The number of nitrogens with two attached hydrogens (primary N) is 1. The maximum absolute atomic E-state index is 6.07. The van der Waals surface area contributed by atoms with Crippen molar-refractivity contribution in [2.24, 2.45) is 5.73 Å². The van der Waals surface area contributed by atoms with Crippen molar-refractivity contribution in [3.8, 4) is 0 Å². The quantitative estimate of drug-likeness (QED) is 0.716. The molecule has 0 bridgehead atoms. The van der Waals surface area contributed by atoms with Crippen LogP contribution in [0.2, 0.25) is 0 Å². The van der Waals surface area contributed by atoms with Crippen LogP contribution in [0.4, 0.5) is 0 Å². The number of ether oxygens (including phenoxy) is 1. The van der Waals surface area contributed by atoms with Crippen molar-refractivity contribution in [1.82, 2.24) is 0 Å². The van der Waals surface area contributed by atoms with E-state index >= 15 is 0 Å². The lowest BCUT2D eigenvalue weighted by atomic mass is 9.95. The summed E-state index contributed by atoms with van der Waals surface area (Å²) in [6, 6.07) is 0. The van der Waals surface area contributed by atoms with Crippen LogP contribution in [0, 0.1) is 0 Å². The van der Waals surface area contributed by atoms with Crippen molar-refractivity contribution in [2.45, 2.75) is 37.6 Å². The summed E-state index contributed by atoms with van der Waals surface area (Å²) in [5.41, 5.74) is 6.19. The Bertz CT molecular complexity index is 102. The number of rotatable bonds is 3. The lowest BCUT2D eigenvalue weighted by molar-refractivity contribution is 0.169. The molecule has 0 aliphatic heterocycles. The Kier molecular flexibility index (Phi) is 5.06. The van der Waals surface area contributed by atoms with Gasteiger partial charge in [-0.25, -0.2) is 0 Å². The number of methoxy groups -OCH3 is 1. The Balaban J connectivity index is 0.000001000. The molecule has 1 aliphatic rings. The third-order valence-corrected chi connectivity index (χ3v) is 2.40. The van der Waals surface area contributed by atoms with Crippen LogP contribution in [0.5, 0.6) is 0 Å². The second-order valence-electron chi connectivity index (χ2n) is 3.31. The molecule has 2 nitrogen and oxygen atoms in total. The van der Waals surface area contributed by atoms with Gasteiger partial charge in [0.1, 0.15) is 0 Å². The van der Waals surface area contributed by atoms with E-state index in [9.17, 15) is 0 Å². The predicted molar refractivity (Wildman–Crippen MR) is 49.1 cm³/mol. The van der Waals surface area contributed by atoms with Gasteiger partial charge in [0.05, 0.1) is 0 Å². The van der Waals surface area contributed by atoms with Gasteiger partial charge in [0.25, 0.3) is 0 Å². The molecule has 2 N–H and O–H groups in total. The Morgan fingerprint density at radius 3 is 2.36 bits per heavy atom. The van der Waals surface area contributed by atoms with E-state index in [0.29, 0.717) is 0 Å². The fourth-order valence-electron chi connectivity index (χ4n) is 1.63. The zero-order valence-corrected chi connectivity index (χ0v) is 7.95. The highest BCUT2D eigenvalue weighted by Gasteiger charge is 2.28. The first-order valence-corrected chi connectivity index (χ1v) is 4.05. The Morgan fingerprint density at radius 2 is 1.91 bits per heavy atom. The summed E-state index contributed by atoms with van der Waals surface area (Å²) in [6.07, 6.45) is 6.02. The minimum atomic E-state index is 0. The second kappa shape index (κ2) is 4.96. The van der Waals surface area contributed by atoms with Gasteiger partial charge in [-0.15, -0.1) is 12.4 Å². The smallest absolute Gasteiger partial charge is 0.0479 e. The van der Waals surface area contributed by atoms with Gasteiger partial charge in [-0.2, -0.15) is 0 Å². The largest absolute Gasteiger partial charge is 0.385 e. The van der Waals surface area contributed by atoms with Crippen molar-refractivity contribution < 1.29 is 4.74 Å². The molecule has 0 aromatic rings. The molecule has 0 atom stereocenters. The van der Waals surface area contributed by atoms with E-state index in [-0.39, 0.29) is 17.9 Å². The first kappa shape index (κ1) is 11.2. The third kappa shape index (κ3) is 3.41. The predicted octanol–water partition coefficient (Wildman–Crippen LogP) is 1.72. The molecule has 0 unspecified atom stereocenters. The van der Waals surface area contributed by atoms with Crippen molar-refractivity contribution in [3.05, 3.63) is 0 Å². The Hall–Kier alpha value is 0.210. The summed E-state index contributed by atoms with van der Waals surface area (Å²) in [5, 5.41) is 0. The van der Waals surface area contributed by atoms with Gasteiger partial charge < -0.3 is 10.5 Å². The van der Waals surface area contributed by atoms with Gasteiger partial charge in [-0.1, -0.05) is 12.8 Å². The fourth-order valence-corrected chi connectivity index (χ4v) is 1.63. The molecule has 1 fully saturated rings. The van der Waals surface area contributed by atoms with E-state index in [2.05, 4.69) is 0 Å². The summed E-state index contributed by atoms with van der Waals surface area (Å²) in [7, 11) is 1.73. The molecule has 3 heteroatoms. The first-order chi connectivity index (χ1) is 4.77. The van der Waals surface area contributed by atoms with Gasteiger partial charge in [-0.3, -0.25) is 0 Å². The lowest BCUT2D eigenvalue weighted by Crippen LogP contribution is -2.37. The molecule has 0 aromatic carbocycles. The molecule has 0 radical (unpaired) electrons. The van der Waals surface area contributed by atoms with E-state index in [1.54, 1.807) is 7.11 Å². The highest BCUT2D eigenvalue weighted by atomic mass is 35.5. The van der Waals surface area contributed by atoms with E-state index in [1.165, 1.54) is 25.7 Å². The molecule has 1 saturated carbocycles. The maximum Gasteiger partial charge on any atom is 0.0479 e. The highest BCUT2D eigenvalue weighted by molar-refractivity contribution is 5.85. The van der Waals surface area contributed by atoms with Gasteiger partial charge in [0, 0.05) is 19.3 Å². The van der Waals surface area contributed by atoms with Gasteiger partial charge in [0.15, 0.2) is 0 Å². The van der Waals surface area contributed by atoms with Crippen LogP contribution in [0.25, 0.3) is 0 Å². The normalized spacial score (nSPS) is 21.3. The molecular weight excluding hydrogens is 162 g/mol. The van der Waals surface area contributed by atoms with Crippen molar-refractivity contribution in [3.63, 3.8) is 0 Å². The third-order valence-electron chi connectivity index (χ3n) is 2.40. The highest BCUT2D eigenvalue weighted by Crippen LogP contribution is 2.29. The summed E-state index contributed by atoms with van der Waals surface area (Å²) in [6.45, 7) is 0.816. The molecule has 11 heavy (non-hydrogen) atoms. The summed E-state index contributed by atoms with van der Waals surface area (Å²) in [4.78, 5) is 0. The topological polar surface area (TPSA) is 35.2 Å². The van der Waals surface area contributed by atoms with Crippen molar-refractivity contribution in [2.75, 3.05) is 13.7 Å². The molecule has 68 valence electrons. The average molecular weight is 180 g/mol. The van der Waals surface area contributed by atoms with Crippen LogP contribution in [0.15, 0.2) is 0 Å². The molecule has 0 saturated heterocycles. The first-order valence-electron chi connectivity index (χ1n) is 4.05. The van der Waals surface area contributed by atoms with E-state index in [0.717, 1.165) is 13.0 Å². The SMILES string of the molecule is COCCC1(N)CCCC1.Cl. The van der Waals surface area contributed by atoms with Crippen LogP contribution in [0.3, 0.4) is 0 Å². The zero-order valence-electron chi connectivity index (χ0n) is 7.14. The molecule has 1 aliphatic carbocycles. The van der Waals surface area contributed by atoms with Crippen molar-refractivity contribution >= 4 is 12.4 Å². The summed E-state index contributed by atoms with van der Waals surface area (Å²) >= 11 is 0. The minimum Gasteiger partial charge on any atom is -0.385 e. The molecule has 0 aromatic heterocycles. The molecule has 1 rings (SSSR count). The van der Waals surface area contributed by atoms with Crippen LogP contribution >= 0.6 is 12.4 Å². The van der Waals surface area contributed by atoms with Crippen LogP contribution in [-0.4, -0.2) is 19.3 Å². The molecule has 0 heterocycles. The number of halogens is 1. The van der Waals surface area contributed by atoms with Crippen LogP contribution in [-0.2, 0) is 4.74 Å². The van der Waals surface area contributed by atoms with E-state index < -0.39 is 0 Å². The maximum atomic E-state index is 6.07. The zero-order chi connectivity index (χ0) is 7.45. The van der Waals surface area contributed by atoms with Crippen molar-refractivity contribution in [1.29, 1.82) is 0 Å². The van der Waals surface area contributed by atoms with Crippen LogP contribution in [0.1, 0.15) is 32.1 Å². The van der Waals surface area contributed by atoms with Gasteiger partial charge in [0.2, 0.25) is 0 Å². The summed E-state index contributed by atoms with van der Waals surface area (Å²) in [5.74, 6) is 0. The van der Waals surface area contributed by atoms with E-state index in [1.807, 2.05) is 0 Å². The molecular formula is C8H18ClNO. The second-order valence-corrected chi connectivity index (χ2v) is 3.31. The average Bonchev–Trinajstić information content (AvgIpc) is 2.33. The van der Waals surface area contributed by atoms with Gasteiger partial charge >= 0.3 is 0 Å².